The third-order valence-corrected chi connectivity index (χ3v) is 2.99. The van der Waals surface area contributed by atoms with E-state index >= 15 is 0 Å². The van der Waals surface area contributed by atoms with Crippen molar-refractivity contribution in [1.82, 2.24) is 0 Å². The second-order valence-electron chi connectivity index (χ2n) is 5.55. The summed E-state index contributed by atoms with van der Waals surface area (Å²) < 4.78 is 21.1. The third kappa shape index (κ3) is 11.5. The molecule has 0 unspecified atom stereocenters. The summed E-state index contributed by atoms with van der Waals surface area (Å²) >= 11 is 0. The van der Waals surface area contributed by atoms with Crippen molar-refractivity contribution in [3.05, 3.63) is 25.3 Å². The van der Waals surface area contributed by atoms with E-state index in [-0.39, 0.29) is 24.7 Å². The van der Waals surface area contributed by atoms with E-state index in [4.69, 9.17) is 18.9 Å². The minimum Gasteiger partial charge on any atom is -0.462 e. The molecule has 0 bridgehead atoms. The molecule has 0 aromatic heterocycles. The Morgan fingerprint density at radius 1 is 1.04 bits per heavy atom. The molecule has 0 saturated heterocycles. The molecule has 0 aromatic carbocycles. The molecule has 0 fully saturated rings. The third-order valence-electron chi connectivity index (χ3n) is 2.99. The first kappa shape index (κ1) is 21.3. The Balaban J connectivity index is 4.22. The topological polar surface area (TPSA) is 71.1 Å². The van der Waals surface area contributed by atoms with Crippen LogP contribution in [0.5, 0.6) is 0 Å². The Bertz CT molecular complexity index is 365. The Morgan fingerprint density at radius 3 is 2.00 bits per heavy atom. The molecule has 132 valence electrons. The predicted molar refractivity (Wildman–Crippen MR) is 86.9 cm³/mol. The van der Waals surface area contributed by atoms with Crippen molar-refractivity contribution in [3.63, 3.8) is 0 Å². The largest absolute Gasteiger partial charge is 0.462 e. The van der Waals surface area contributed by atoms with Crippen LogP contribution in [0.4, 0.5) is 0 Å². The number of esters is 2. The molecular formula is C17H28O6. The molecule has 0 aliphatic heterocycles. The maximum atomic E-state index is 11.1. The maximum Gasteiger partial charge on any atom is 0.330 e. The highest BCUT2D eigenvalue weighted by Gasteiger charge is 2.18. The number of carbonyl (C=O) groups is 2. The molecule has 0 heterocycles. The van der Waals surface area contributed by atoms with Gasteiger partial charge in [-0.15, -0.1) is 0 Å². The van der Waals surface area contributed by atoms with Gasteiger partial charge in [0.2, 0.25) is 0 Å². The van der Waals surface area contributed by atoms with Crippen LogP contribution in [-0.4, -0.2) is 50.6 Å². The van der Waals surface area contributed by atoms with Gasteiger partial charge < -0.3 is 18.9 Å². The molecule has 23 heavy (non-hydrogen) atoms. The highest BCUT2D eigenvalue weighted by Crippen LogP contribution is 2.14. The Hall–Kier alpha value is -1.66. The molecule has 0 spiro atoms. The zero-order valence-corrected chi connectivity index (χ0v) is 14.3. The van der Waals surface area contributed by atoms with Gasteiger partial charge in [-0.3, -0.25) is 0 Å². The first-order valence-corrected chi connectivity index (χ1v) is 7.64. The zero-order chi connectivity index (χ0) is 17.7. The maximum absolute atomic E-state index is 11.1. The van der Waals surface area contributed by atoms with Crippen molar-refractivity contribution in [2.45, 2.75) is 32.8 Å². The first-order chi connectivity index (χ1) is 10.8. The van der Waals surface area contributed by atoms with Crippen LogP contribution >= 0.6 is 0 Å². The van der Waals surface area contributed by atoms with Crippen LogP contribution in [0.15, 0.2) is 25.3 Å². The SMILES string of the molecule is C=CC(=O)OCC(COCCC(C)(C)OCC)COC(=O)C=C. The second kappa shape index (κ2) is 11.8. The van der Waals surface area contributed by atoms with Gasteiger partial charge in [0.25, 0.3) is 0 Å². The summed E-state index contributed by atoms with van der Waals surface area (Å²) in [6.45, 7) is 14.2. The van der Waals surface area contributed by atoms with Gasteiger partial charge in [0.1, 0.15) is 0 Å². The second-order valence-corrected chi connectivity index (χ2v) is 5.55. The van der Waals surface area contributed by atoms with Gasteiger partial charge in [-0.2, -0.15) is 0 Å². The summed E-state index contributed by atoms with van der Waals surface area (Å²) in [6.07, 6.45) is 2.89. The predicted octanol–water partition coefficient (Wildman–Crippen LogP) is 2.28. The smallest absolute Gasteiger partial charge is 0.330 e. The van der Waals surface area contributed by atoms with Crippen molar-refractivity contribution in [1.29, 1.82) is 0 Å². The van der Waals surface area contributed by atoms with Gasteiger partial charge in [-0.05, 0) is 27.2 Å². The van der Waals surface area contributed by atoms with E-state index in [0.717, 1.165) is 18.6 Å². The van der Waals surface area contributed by atoms with Crippen LogP contribution < -0.4 is 0 Å². The van der Waals surface area contributed by atoms with Gasteiger partial charge in [-0.1, -0.05) is 13.2 Å². The number of hydrogen-bond donors (Lipinski definition) is 0. The number of ether oxygens (including phenoxy) is 4. The summed E-state index contributed by atoms with van der Waals surface area (Å²) in [5.74, 6) is -1.30. The minimum absolute atomic E-state index is 0.0874. The fourth-order valence-corrected chi connectivity index (χ4v) is 1.69. The Morgan fingerprint density at radius 2 is 1.57 bits per heavy atom. The van der Waals surface area contributed by atoms with Gasteiger partial charge in [0.05, 0.1) is 31.3 Å². The van der Waals surface area contributed by atoms with Crippen molar-refractivity contribution in [2.24, 2.45) is 5.92 Å². The summed E-state index contributed by atoms with van der Waals surface area (Å²) in [5.41, 5.74) is -0.255. The standard InChI is InChI=1S/C17H28O6/c1-6-15(18)21-12-14(13-22-16(19)7-2)11-20-10-9-17(4,5)23-8-3/h6-7,14H,1-2,8-13H2,3-5H3. The fourth-order valence-electron chi connectivity index (χ4n) is 1.69. The molecule has 0 aromatic rings. The van der Waals surface area contributed by atoms with Crippen LogP contribution in [-0.2, 0) is 28.5 Å². The number of hydrogen-bond acceptors (Lipinski definition) is 6. The van der Waals surface area contributed by atoms with Crippen molar-refractivity contribution in [3.8, 4) is 0 Å². The molecule has 0 amide bonds. The van der Waals surface area contributed by atoms with Crippen LogP contribution in [0.1, 0.15) is 27.2 Å². The van der Waals surface area contributed by atoms with Crippen molar-refractivity contribution in [2.75, 3.05) is 33.0 Å². The van der Waals surface area contributed by atoms with Gasteiger partial charge >= 0.3 is 11.9 Å². The first-order valence-electron chi connectivity index (χ1n) is 7.64. The lowest BCUT2D eigenvalue weighted by Crippen LogP contribution is -2.28. The van der Waals surface area contributed by atoms with E-state index in [1.54, 1.807) is 0 Å². The number of carbonyl (C=O) groups excluding carboxylic acids is 2. The van der Waals surface area contributed by atoms with Gasteiger partial charge in [0, 0.05) is 25.4 Å². The molecule has 0 saturated carbocycles. The molecule has 0 radical (unpaired) electrons. The van der Waals surface area contributed by atoms with E-state index in [2.05, 4.69) is 13.2 Å². The molecule has 6 heteroatoms. The van der Waals surface area contributed by atoms with Crippen LogP contribution in [0.3, 0.4) is 0 Å². The van der Waals surface area contributed by atoms with Crippen LogP contribution in [0.2, 0.25) is 0 Å². The normalized spacial score (nSPS) is 11.1. The summed E-state index contributed by atoms with van der Waals surface area (Å²) in [5, 5.41) is 0. The van der Waals surface area contributed by atoms with Gasteiger partial charge in [0.15, 0.2) is 0 Å². The lowest BCUT2D eigenvalue weighted by molar-refractivity contribution is -0.144. The Kier molecular flexibility index (Phi) is 11.0. The van der Waals surface area contributed by atoms with Crippen molar-refractivity contribution < 1.29 is 28.5 Å². The average molecular weight is 328 g/mol. The number of rotatable bonds is 13. The summed E-state index contributed by atoms with van der Waals surface area (Å²) in [4.78, 5) is 22.2. The van der Waals surface area contributed by atoms with E-state index in [1.165, 1.54) is 0 Å². The molecular weight excluding hydrogens is 300 g/mol. The monoisotopic (exact) mass is 328 g/mol. The van der Waals surface area contributed by atoms with E-state index < -0.39 is 11.9 Å². The molecule has 0 aliphatic carbocycles. The zero-order valence-electron chi connectivity index (χ0n) is 14.3. The highest BCUT2D eigenvalue weighted by atomic mass is 16.6. The molecule has 6 nitrogen and oxygen atoms in total. The lowest BCUT2D eigenvalue weighted by atomic mass is 10.1. The highest BCUT2D eigenvalue weighted by molar-refractivity contribution is 5.81. The van der Waals surface area contributed by atoms with Crippen LogP contribution in [0, 0.1) is 5.92 Å². The minimum atomic E-state index is -0.525. The van der Waals surface area contributed by atoms with Crippen molar-refractivity contribution >= 4 is 11.9 Å². The van der Waals surface area contributed by atoms with E-state index in [0.29, 0.717) is 19.8 Å². The average Bonchev–Trinajstić information content (AvgIpc) is 2.52. The molecule has 0 rings (SSSR count). The Labute approximate surface area is 138 Å². The molecule has 0 aliphatic rings. The van der Waals surface area contributed by atoms with Crippen LogP contribution in [0.25, 0.3) is 0 Å². The van der Waals surface area contributed by atoms with E-state index in [1.807, 2.05) is 20.8 Å². The lowest BCUT2D eigenvalue weighted by Gasteiger charge is -2.25. The summed E-state index contributed by atoms with van der Waals surface area (Å²) in [6, 6.07) is 0. The summed E-state index contributed by atoms with van der Waals surface area (Å²) in [7, 11) is 0. The quantitative estimate of drug-likeness (QED) is 0.293. The molecule has 0 N–H and O–H groups in total. The molecule has 0 atom stereocenters. The van der Waals surface area contributed by atoms with E-state index in [9.17, 15) is 9.59 Å². The fraction of sp³-hybridized carbons (Fsp3) is 0.647. The van der Waals surface area contributed by atoms with Gasteiger partial charge in [-0.25, -0.2) is 9.59 Å².